The minimum atomic E-state index is -0.895. The summed E-state index contributed by atoms with van der Waals surface area (Å²) in [4.78, 5) is 36.9. The number of carbonyl (C=O) groups is 3. The van der Waals surface area contributed by atoms with Gasteiger partial charge in [0.2, 0.25) is 0 Å². The third-order valence-electron chi connectivity index (χ3n) is 9.03. The fraction of sp³-hybridized carbons (Fsp3) is 0.580. The summed E-state index contributed by atoms with van der Waals surface area (Å²) in [5.74, 6) is -1.61. The summed E-state index contributed by atoms with van der Waals surface area (Å²) >= 11 is 0. The monoisotopic (exact) mass is 807 g/mol. The fourth-order valence-corrected chi connectivity index (χ4v) is 5.63. The molecule has 8 nitrogen and oxygen atoms in total. The van der Waals surface area contributed by atoms with Gasteiger partial charge in [-0.2, -0.15) is 0 Å². The minimum absolute atomic E-state index is 0.0181. The van der Waals surface area contributed by atoms with Crippen LogP contribution in [0.1, 0.15) is 136 Å². The summed E-state index contributed by atoms with van der Waals surface area (Å²) in [5, 5.41) is 9.61. The van der Waals surface area contributed by atoms with Crippen molar-refractivity contribution in [3.05, 3.63) is 109 Å². The van der Waals surface area contributed by atoms with Gasteiger partial charge in [-0.3, -0.25) is 9.59 Å². The molecule has 326 valence electrons. The van der Waals surface area contributed by atoms with Crippen molar-refractivity contribution >= 4 is 17.9 Å². The van der Waals surface area contributed by atoms with E-state index in [1.54, 1.807) is 0 Å². The second-order valence-corrected chi connectivity index (χ2v) is 15.3. The quantitative estimate of drug-likeness (QED) is 0.0219. The van der Waals surface area contributed by atoms with E-state index in [4.69, 9.17) is 14.2 Å². The largest absolute Gasteiger partial charge is 0.477 e. The molecule has 0 aromatic rings. The number of carbonyl (C=O) groups excluding carboxylic acids is 2. The molecule has 2 unspecified atom stereocenters. The van der Waals surface area contributed by atoms with Crippen LogP contribution in [-0.4, -0.2) is 80.6 Å². The molecule has 0 spiro atoms. The first-order chi connectivity index (χ1) is 28.1. The zero-order valence-electron chi connectivity index (χ0n) is 36.9. The minimum Gasteiger partial charge on any atom is -0.477 e. The van der Waals surface area contributed by atoms with Crippen LogP contribution >= 0.6 is 0 Å². The van der Waals surface area contributed by atoms with Gasteiger partial charge in [0, 0.05) is 19.3 Å². The summed E-state index contributed by atoms with van der Waals surface area (Å²) in [7, 11) is 5.48. The lowest BCUT2D eigenvalue weighted by atomic mass is 10.1. The van der Waals surface area contributed by atoms with Crippen LogP contribution in [0.25, 0.3) is 0 Å². The fourth-order valence-electron chi connectivity index (χ4n) is 5.63. The number of esters is 2. The molecule has 0 aliphatic heterocycles. The Morgan fingerprint density at radius 2 is 1.05 bits per heavy atom. The Morgan fingerprint density at radius 3 is 1.62 bits per heavy atom. The molecule has 0 rings (SSSR count). The Balaban J connectivity index is 4.46. The molecule has 2 atom stereocenters. The third kappa shape index (κ3) is 37.6. The number of unbranched alkanes of at least 4 members (excludes halogenated alkanes) is 9. The number of likely N-dealkylation sites (N-methyl/N-ethyl adjacent to an activating group) is 1. The summed E-state index contributed by atoms with van der Waals surface area (Å²) in [5.41, 5.74) is 0. The highest BCUT2D eigenvalue weighted by molar-refractivity contribution is 5.72. The van der Waals surface area contributed by atoms with Crippen molar-refractivity contribution < 1.29 is 38.2 Å². The van der Waals surface area contributed by atoms with Crippen LogP contribution in [0.2, 0.25) is 0 Å². The second kappa shape index (κ2) is 39.8. The van der Waals surface area contributed by atoms with Crippen molar-refractivity contribution in [2.24, 2.45) is 0 Å². The second-order valence-electron chi connectivity index (χ2n) is 15.3. The van der Waals surface area contributed by atoms with Gasteiger partial charge in [-0.1, -0.05) is 155 Å². The number of rotatable bonds is 37. The van der Waals surface area contributed by atoms with E-state index in [9.17, 15) is 19.5 Å². The maximum Gasteiger partial charge on any atom is 0.362 e. The van der Waals surface area contributed by atoms with Gasteiger partial charge in [-0.05, 0) is 70.6 Å². The van der Waals surface area contributed by atoms with E-state index in [0.29, 0.717) is 25.7 Å². The Kier molecular flexibility index (Phi) is 37.0. The Labute approximate surface area is 353 Å². The van der Waals surface area contributed by atoms with Crippen LogP contribution in [0.5, 0.6) is 0 Å². The molecule has 0 aromatic carbocycles. The van der Waals surface area contributed by atoms with E-state index < -0.39 is 18.1 Å². The van der Waals surface area contributed by atoms with Gasteiger partial charge in [0.25, 0.3) is 0 Å². The lowest BCUT2D eigenvalue weighted by molar-refractivity contribution is -0.887. The SMILES string of the molecule is CC/C=C/C=C/C=C/C=C/C=C/CCCC(=O)OC(COCCC(C(=O)O)[N+](C)(C)C)COC(=O)CCCCCCC/C=C/C/C=C/C/C=C/C/C=C/CCCCC. The van der Waals surface area contributed by atoms with Crippen molar-refractivity contribution in [1.82, 2.24) is 0 Å². The highest BCUT2D eigenvalue weighted by atomic mass is 16.6. The molecule has 0 radical (unpaired) electrons. The molecule has 0 aliphatic rings. The summed E-state index contributed by atoms with van der Waals surface area (Å²) < 4.78 is 17.2. The summed E-state index contributed by atoms with van der Waals surface area (Å²) in [6.45, 7) is 4.43. The number of aliphatic carboxylic acids is 1. The topological polar surface area (TPSA) is 99.1 Å². The van der Waals surface area contributed by atoms with Crippen molar-refractivity contribution in [3.8, 4) is 0 Å². The van der Waals surface area contributed by atoms with E-state index in [0.717, 1.165) is 64.2 Å². The van der Waals surface area contributed by atoms with Gasteiger partial charge in [0.15, 0.2) is 12.1 Å². The van der Waals surface area contributed by atoms with Crippen LogP contribution in [-0.2, 0) is 28.6 Å². The van der Waals surface area contributed by atoms with E-state index in [1.165, 1.54) is 25.7 Å². The summed E-state index contributed by atoms with van der Waals surface area (Å²) in [6, 6.07) is -0.637. The lowest BCUT2D eigenvalue weighted by Gasteiger charge is -2.31. The average molecular weight is 807 g/mol. The van der Waals surface area contributed by atoms with Gasteiger partial charge >= 0.3 is 17.9 Å². The molecule has 0 aliphatic carbocycles. The number of allylic oxidation sites excluding steroid dienone is 18. The Bertz CT molecular complexity index is 1310. The maximum atomic E-state index is 12.7. The molecule has 0 aromatic heterocycles. The van der Waals surface area contributed by atoms with Gasteiger partial charge in [-0.25, -0.2) is 4.79 Å². The van der Waals surface area contributed by atoms with E-state index in [1.807, 2.05) is 75.8 Å². The van der Waals surface area contributed by atoms with Crippen molar-refractivity contribution in [3.63, 3.8) is 0 Å². The zero-order chi connectivity index (χ0) is 42.8. The number of nitrogens with zero attached hydrogens (tertiary/aromatic N) is 1. The molecule has 0 bridgehead atoms. The molecule has 0 saturated carbocycles. The average Bonchev–Trinajstić information content (AvgIpc) is 3.18. The van der Waals surface area contributed by atoms with Gasteiger partial charge in [0.1, 0.15) is 6.61 Å². The molecule has 1 N–H and O–H groups in total. The first-order valence-corrected chi connectivity index (χ1v) is 22.0. The van der Waals surface area contributed by atoms with Crippen LogP contribution in [0, 0.1) is 0 Å². The van der Waals surface area contributed by atoms with Crippen LogP contribution in [0.3, 0.4) is 0 Å². The molecule has 8 heteroatoms. The van der Waals surface area contributed by atoms with E-state index in [-0.39, 0.29) is 42.7 Å². The first-order valence-electron chi connectivity index (χ1n) is 22.0. The Hall–Kier alpha value is -4.01. The number of hydrogen-bond donors (Lipinski definition) is 1. The third-order valence-corrected chi connectivity index (χ3v) is 9.03. The van der Waals surface area contributed by atoms with E-state index >= 15 is 0 Å². The van der Waals surface area contributed by atoms with E-state index in [2.05, 4.69) is 68.5 Å². The molecular formula is C50H80NO7+. The lowest BCUT2D eigenvalue weighted by Crippen LogP contribution is -2.50. The molecule has 0 heterocycles. The van der Waals surface area contributed by atoms with Crippen molar-refractivity contribution in [2.75, 3.05) is 41.0 Å². The Morgan fingerprint density at radius 1 is 0.552 bits per heavy atom. The molecule has 0 saturated heterocycles. The highest BCUT2D eigenvalue weighted by Gasteiger charge is 2.31. The predicted molar refractivity (Wildman–Crippen MR) is 242 cm³/mol. The molecule has 58 heavy (non-hydrogen) atoms. The molecular weight excluding hydrogens is 727 g/mol. The number of quaternary nitrogens is 1. The van der Waals surface area contributed by atoms with Gasteiger partial charge in [-0.15, -0.1) is 0 Å². The number of hydrogen-bond acceptors (Lipinski definition) is 6. The predicted octanol–water partition coefficient (Wildman–Crippen LogP) is 12.1. The van der Waals surface area contributed by atoms with Crippen molar-refractivity contribution in [2.45, 2.75) is 148 Å². The maximum absolute atomic E-state index is 12.7. The highest BCUT2D eigenvalue weighted by Crippen LogP contribution is 2.12. The van der Waals surface area contributed by atoms with Crippen LogP contribution < -0.4 is 0 Å². The van der Waals surface area contributed by atoms with Crippen molar-refractivity contribution in [1.29, 1.82) is 0 Å². The smallest absolute Gasteiger partial charge is 0.362 e. The number of carboxylic acid groups (broad SMARTS) is 1. The number of carboxylic acids is 1. The normalized spacial score (nSPS) is 14.0. The zero-order valence-corrected chi connectivity index (χ0v) is 36.9. The molecule has 0 fully saturated rings. The first kappa shape index (κ1) is 54.0. The molecule has 0 amide bonds. The standard InChI is InChI=1S/C50H79NO7/c1-6-8-10-12-14-16-18-20-21-22-23-24-25-26-27-29-30-32-34-36-38-40-48(52)57-45-46(44-56-43-42-47(50(54)55)51(3,4)5)58-49(53)41-39-37-35-33-31-28-19-17-15-13-11-9-7-2/h9,11,13-17,19-21,23-24,26-28,31,33,35,46-47H,6-8,10,12,18,22,25,29-30,32,34,36-45H2,1-5H3/p+1/b11-9+,15-13+,16-14+,19-17+,21-20+,24-23+,27-26+,31-28+,35-33+. The number of ether oxygens (including phenoxy) is 3. The van der Waals surface area contributed by atoms with Crippen LogP contribution in [0.4, 0.5) is 0 Å². The van der Waals surface area contributed by atoms with Gasteiger partial charge in [0.05, 0.1) is 34.4 Å². The summed E-state index contributed by atoms with van der Waals surface area (Å²) in [6.07, 6.45) is 54.3. The van der Waals surface area contributed by atoms with Gasteiger partial charge < -0.3 is 23.8 Å². The van der Waals surface area contributed by atoms with Crippen LogP contribution in [0.15, 0.2) is 109 Å².